The molecule has 0 N–H and O–H groups in total. The number of amides is 1. The molecule has 1 rings (SSSR count). The van der Waals surface area contributed by atoms with Crippen LogP contribution in [0, 0.1) is 0 Å². The fourth-order valence-corrected chi connectivity index (χ4v) is 1.47. The molecule has 1 aromatic carbocycles. The van der Waals surface area contributed by atoms with Crippen LogP contribution < -0.4 is 4.90 Å². The maximum absolute atomic E-state index is 11.7. The summed E-state index contributed by atoms with van der Waals surface area (Å²) < 4.78 is 4.92. The first kappa shape index (κ1) is 13.7. The predicted molar refractivity (Wildman–Crippen MR) is 69.6 cm³/mol. The number of rotatable bonds is 5. The average Bonchev–Trinajstić information content (AvgIpc) is 2.36. The molecule has 92 valence electrons. The van der Waals surface area contributed by atoms with Crippen LogP contribution in [0.1, 0.15) is 6.92 Å². The Morgan fingerprint density at radius 3 is 2.47 bits per heavy atom. The number of ether oxygens (including phenoxy) is 1. The van der Waals surface area contributed by atoms with Gasteiger partial charge >= 0.3 is 6.09 Å². The van der Waals surface area contributed by atoms with Gasteiger partial charge < -0.3 is 4.74 Å². The van der Waals surface area contributed by atoms with Crippen LogP contribution in [-0.2, 0) is 9.53 Å². The van der Waals surface area contributed by atoms with Gasteiger partial charge in [0.25, 0.3) is 0 Å². The molecule has 17 heavy (non-hydrogen) atoms. The molecule has 0 fully saturated rings. The molecule has 0 saturated heterocycles. The van der Waals surface area contributed by atoms with E-state index in [1.165, 1.54) is 4.90 Å². The summed E-state index contributed by atoms with van der Waals surface area (Å²) in [6.07, 6.45) is -0.506. The van der Waals surface area contributed by atoms with Gasteiger partial charge in [-0.05, 0) is 19.1 Å². The second-order valence-electron chi connectivity index (χ2n) is 3.29. The minimum absolute atomic E-state index is 0.00803. The summed E-state index contributed by atoms with van der Waals surface area (Å²) >= 11 is 3.08. The van der Waals surface area contributed by atoms with Crippen molar-refractivity contribution in [3.63, 3.8) is 0 Å². The summed E-state index contributed by atoms with van der Waals surface area (Å²) in [6, 6.07) is 8.98. The largest absolute Gasteiger partial charge is 0.449 e. The maximum Gasteiger partial charge on any atom is 0.414 e. The summed E-state index contributed by atoms with van der Waals surface area (Å²) in [4.78, 5) is 24.5. The van der Waals surface area contributed by atoms with E-state index in [1.54, 1.807) is 31.2 Å². The zero-order chi connectivity index (χ0) is 12.7. The molecule has 1 amide bonds. The Morgan fingerprint density at radius 1 is 1.29 bits per heavy atom. The molecule has 0 radical (unpaired) electrons. The van der Waals surface area contributed by atoms with Crippen molar-refractivity contribution in [2.24, 2.45) is 0 Å². The number of carbonyl (C=O) groups is 2. The summed E-state index contributed by atoms with van der Waals surface area (Å²) in [6.45, 7) is 2.02. The van der Waals surface area contributed by atoms with E-state index in [0.717, 1.165) is 0 Å². The topological polar surface area (TPSA) is 46.6 Å². The van der Waals surface area contributed by atoms with E-state index in [4.69, 9.17) is 4.74 Å². The number of alkyl halides is 1. The van der Waals surface area contributed by atoms with E-state index in [-0.39, 0.29) is 24.3 Å². The zero-order valence-corrected chi connectivity index (χ0v) is 11.1. The van der Waals surface area contributed by atoms with Gasteiger partial charge in [0.15, 0.2) is 5.78 Å². The molecule has 0 aliphatic heterocycles. The van der Waals surface area contributed by atoms with Crippen molar-refractivity contribution in [3.8, 4) is 0 Å². The SMILES string of the molecule is CCOC(=O)N(CC(=O)CBr)c1ccccc1. The van der Waals surface area contributed by atoms with Gasteiger partial charge in [-0.2, -0.15) is 0 Å². The fraction of sp³-hybridized carbons (Fsp3) is 0.333. The van der Waals surface area contributed by atoms with Gasteiger partial charge in [0.05, 0.1) is 18.5 Å². The molecule has 0 aromatic heterocycles. The first-order valence-corrected chi connectivity index (χ1v) is 6.38. The number of benzene rings is 1. The number of anilines is 1. The zero-order valence-electron chi connectivity index (χ0n) is 9.56. The van der Waals surface area contributed by atoms with Gasteiger partial charge in [-0.3, -0.25) is 9.69 Å². The van der Waals surface area contributed by atoms with E-state index < -0.39 is 6.09 Å². The van der Waals surface area contributed by atoms with Crippen LogP contribution >= 0.6 is 15.9 Å². The number of hydrogen-bond donors (Lipinski definition) is 0. The molecule has 4 nitrogen and oxygen atoms in total. The second-order valence-corrected chi connectivity index (χ2v) is 3.85. The van der Waals surface area contributed by atoms with Crippen LogP contribution in [-0.4, -0.2) is 30.4 Å². The highest BCUT2D eigenvalue weighted by atomic mass is 79.9. The Labute approximate surface area is 109 Å². The van der Waals surface area contributed by atoms with Gasteiger partial charge in [0.1, 0.15) is 0 Å². The van der Waals surface area contributed by atoms with Crippen LogP contribution in [0.2, 0.25) is 0 Å². The summed E-state index contributed by atoms with van der Waals surface area (Å²) in [7, 11) is 0. The Kier molecular flexibility index (Phi) is 5.69. The lowest BCUT2D eigenvalue weighted by Crippen LogP contribution is -2.36. The Bertz CT molecular complexity index is 381. The van der Waals surface area contributed by atoms with Crippen LogP contribution in [0.15, 0.2) is 30.3 Å². The van der Waals surface area contributed by atoms with E-state index >= 15 is 0 Å². The van der Waals surface area contributed by atoms with Crippen LogP contribution in [0.4, 0.5) is 10.5 Å². The molecule has 5 heteroatoms. The lowest BCUT2D eigenvalue weighted by molar-refractivity contribution is -0.115. The summed E-state index contributed by atoms with van der Waals surface area (Å²) in [5.41, 5.74) is 0.653. The molecule has 0 unspecified atom stereocenters. The number of Topliss-reactive ketones (excluding diaryl/α,β-unsaturated/α-hetero) is 1. The minimum Gasteiger partial charge on any atom is -0.449 e. The van der Waals surface area contributed by atoms with Gasteiger partial charge in [0.2, 0.25) is 0 Å². The van der Waals surface area contributed by atoms with E-state index in [1.807, 2.05) is 6.07 Å². The average molecular weight is 300 g/mol. The highest BCUT2D eigenvalue weighted by Crippen LogP contribution is 2.14. The molecule has 0 heterocycles. The highest BCUT2D eigenvalue weighted by molar-refractivity contribution is 9.09. The monoisotopic (exact) mass is 299 g/mol. The lowest BCUT2D eigenvalue weighted by atomic mass is 10.3. The Hall–Kier alpha value is -1.36. The third-order valence-electron chi connectivity index (χ3n) is 2.04. The number of halogens is 1. The van der Waals surface area contributed by atoms with Crippen molar-refractivity contribution >= 4 is 33.5 Å². The fourth-order valence-electron chi connectivity index (χ4n) is 1.29. The number of carbonyl (C=O) groups excluding carboxylic acids is 2. The third kappa shape index (κ3) is 4.19. The molecule has 0 aliphatic carbocycles. The minimum atomic E-state index is -0.506. The smallest absolute Gasteiger partial charge is 0.414 e. The standard InChI is InChI=1S/C12H14BrNO3/c1-2-17-12(16)14(9-11(15)8-13)10-6-4-3-5-7-10/h3-7H,2,8-9H2,1H3. The quantitative estimate of drug-likeness (QED) is 0.785. The molecule has 1 aromatic rings. The molecular weight excluding hydrogens is 286 g/mol. The first-order chi connectivity index (χ1) is 8.19. The van der Waals surface area contributed by atoms with E-state index in [0.29, 0.717) is 5.69 Å². The van der Waals surface area contributed by atoms with E-state index in [2.05, 4.69) is 15.9 Å². The lowest BCUT2D eigenvalue weighted by Gasteiger charge is -2.20. The number of hydrogen-bond acceptors (Lipinski definition) is 3. The molecule has 0 saturated carbocycles. The maximum atomic E-state index is 11.7. The Balaban J connectivity index is 2.86. The molecule has 0 atom stereocenters. The van der Waals surface area contributed by atoms with Gasteiger partial charge in [-0.15, -0.1) is 0 Å². The van der Waals surface area contributed by atoms with Gasteiger partial charge in [-0.1, -0.05) is 34.1 Å². The molecular formula is C12H14BrNO3. The van der Waals surface area contributed by atoms with Crippen LogP contribution in [0.3, 0.4) is 0 Å². The summed E-state index contributed by atoms with van der Waals surface area (Å²) in [5.74, 6) is -0.0816. The number of nitrogens with zero attached hydrogens (tertiary/aromatic N) is 1. The van der Waals surface area contributed by atoms with Crippen LogP contribution in [0.25, 0.3) is 0 Å². The van der Waals surface area contributed by atoms with Crippen molar-refractivity contribution in [1.29, 1.82) is 0 Å². The van der Waals surface area contributed by atoms with Gasteiger partial charge in [-0.25, -0.2) is 4.79 Å². The van der Waals surface area contributed by atoms with Crippen molar-refractivity contribution in [1.82, 2.24) is 0 Å². The first-order valence-electron chi connectivity index (χ1n) is 5.26. The molecule has 0 aliphatic rings. The summed E-state index contributed by atoms with van der Waals surface area (Å²) in [5, 5.41) is 0.218. The highest BCUT2D eigenvalue weighted by Gasteiger charge is 2.19. The van der Waals surface area contributed by atoms with E-state index in [9.17, 15) is 9.59 Å². The van der Waals surface area contributed by atoms with Crippen molar-refractivity contribution < 1.29 is 14.3 Å². The normalized spacial score (nSPS) is 9.76. The third-order valence-corrected chi connectivity index (χ3v) is 2.66. The van der Waals surface area contributed by atoms with Crippen molar-refractivity contribution in [2.75, 3.05) is 23.4 Å². The molecule has 0 bridgehead atoms. The van der Waals surface area contributed by atoms with Crippen molar-refractivity contribution in [2.45, 2.75) is 6.92 Å². The van der Waals surface area contributed by atoms with Gasteiger partial charge in [0, 0.05) is 5.69 Å². The predicted octanol–water partition coefficient (Wildman–Crippen LogP) is 2.61. The Morgan fingerprint density at radius 2 is 1.94 bits per heavy atom. The van der Waals surface area contributed by atoms with Crippen molar-refractivity contribution in [3.05, 3.63) is 30.3 Å². The number of ketones is 1. The number of para-hydroxylation sites is 1. The van der Waals surface area contributed by atoms with Crippen LogP contribution in [0.5, 0.6) is 0 Å². The molecule has 0 spiro atoms. The second kappa shape index (κ2) is 7.06.